The van der Waals surface area contributed by atoms with Gasteiger partial charge in [0.15, 0.2) is 11.5 Å². The molecule has 0 amide bonds. The van der Waals surface area contributed by atoms with Crippen LogP contribution in [0.15, 0.2) is 35.6 Å². The number of aliphatic hydroxyl groups excluding tert-OH is 1. The van der Waals surface area contributed by atoms with E-state index >= 15 is 0 Å². The van der Waals surface area contributed by atoms with Gasteiger partial charge in [-0.1, -0.05) is 12.2 Å². The van der Waals surface area contributed by atoms with Gasteiger partial charge in [0.1, 0.15) is 5.76 Å². The van der Waals surface area contributed by atoms with Crippen LogP contribution < -0.4 is 19.9 Å². The highest BCUT2D eigenvalue weighted by Gasteiger charge is 2.34. The second kappa shape index (κ2) is 5.17. The van der Waals surface area contributed by atoms with Crippen molar-refractivity contribution >= 4 is 11.8 Å². The molecule has 1 unspecified atom stereocenters. The van der Waals surface area contributed by atoms with E-state index in [1.807, 2.05) is 6.08 Å². The first-order valence-corrected chi connectivity index (χ1v) is 8.39. The van der Waals surface area contributed by atoms with Crippen LogP contribution in [0.3, 0.4) is 0 Å². The van der Waals surface area contributed by atoms with Crippen molar-refractivity contribution in [2.24, 2.45) is 0 Å². The van der Waals surface area contributed by atoms with Crippen LogP contribution in [-0.4, -0.2) is 37.5 Å². The number of aliphatic hydroxyl groups is 1. The molecule has 25 heavy (non-hydrogen) atoms. The number of likely N-dealkylation sites (N-methyl/N-ethyl adjacent to an activating group) is 1. The van der Waals surface area contributed by atoms with E-state index in [-0.39, 0.29) is 19.3 Å². The Bertz CT molecular complexity index is 1000. The molecule has 4 aliphatic rings. The van der Waals surface area contributed by atoms with Crippen LogP contribution in [0.1, 0.15) is 17.0 Å². The van der Waals surface area contributed by atoms with Crippen molar-refractivity contribution in [2.75, 3.05) is 27.5 Å². The molecular formula is C20H19NO4. The molecule has 2 aliphatic carbocycles. The lowest BCUT2D eigenvalue weighted by Crippen LogP contribution is -2.44. The van der Waals surface area contributed by atoms with Crippen LogP contribution in [0, 0.1) is 0 Å². The highest BCUT2D eigenvalue weighted by atomic mass is 16.7. The molecule has 5 rings (SSSR count). The molecule has 0 fully saturated rings. The third kappa shape index (κ3) is 1.87. The van der Waals surface area contributed by atoms with Crippen LogP contribution in [0.5, 0.6) is 11.5 Å². The summed E-state index contributed by atoms with van der Waals surface area (Å²) in [4.78, 5) is 2.22. The standard InChI is InChI=1S/C20H19NO4/c1-21-6-5-14-15(9-22)19-20(25-10-24-19)18-13-4-3-12(23-2)7-11(13)8-16(21)17(14)18/h3-5,7-8,13,22H,6,9-10H2,1-2H3. The summed E-state index contributed by atoms with van der Waals surface area (Å²) in [6, 6.07) is 0. The first kappa shape index (κ1) is 14.7. The zero-order valence-corrected chi connectivity index (χ0v) is 14.2. The van der Waals surface area contributed by atoms with Gasteiger partial charge in [0.25, 0.3) is 0 Å². The minimum Gasteiger partial charge on any atom is -0.497 e. The lowest BCUT2D eigenvalue weighted by Gasteiger charge is -2.32. The Morgan fingerprint density at radius 1 is 1.28 bits per heavy atom. The topological polar surface area (TPSA) is 51.2 Å². The summed E-state index contributed by atoms with van der Waals surface area (Å²) in [6.45, 7) is 0.921. The number of allylic oxidation sites excluding steroid dienone is 4. The maximum atomic E-state index is 9.96. The van der Waals surface area contributed by atoms with Crippen LogP contribution in [0.25, 0.3) is 11.8 Å². The normalized spacial score (nSPS) is 22.0. The maximum absolute atomic E-state index is 9.96. The second-order valence-corrected chi connectivity index (χ2v) is 6.61. The number of methoxy groups -OCH3 is 1. The maximum Gasteiger partial charge on any atom is 0.231 e. The molecule has 1 N–H and O–H groups in total. The average Bonchev–Trinajstić information content (AvgIpc) is 3.12. The zero-order valence-electron chi connectivity index (χ0n) is 14.2. The van der Waals surface area contributed by atoms with Crippen molar-refractivity contribution in [3.63, 3.8) is 0 Å². The number of nitrogens with zero attached hydrogens (tertiary/aromatic N) is 1. The Morgan fingerprint density at radius 3 is 2.92 bits per heavy atom. The summed E-state index contributed by atoms with van der Waals surface area (Å²) in [5.41, 5.74) is 4.27. The number of rotatable bonds is 2. The summed E-state index contributed by atoms with van der Waals surface area (Å²) >= 11 is 0. The molecule has 1 atom stereocenters. The molecule has 128 valence electrons. The van der Waals surface area contributed by atoms with E-state index in [0.717, 1.165) is 45.3 Å². The Kier molecular flexibility index (Phi) is 3.03. The Labute approximate surface area is 145 Å². The van der Waals surface area contributed by atoms with Gasteiger partial charge in [-0.2, -0.15) is 0 Å². The van der Waals surface area contributed by atoms with E-state index in [0.29, 0.717) is 5.75 Å². The summed E-state index contributed by atoms with van der Waals surface area (Å²) in [6.07, 6.45) is 10.6. The molecule has 0 radical (unpaired) electrons. The lowest BCUT2D eigenvalue weighted by atomic mass is 9.79. The van der Waals surface area contributed by atoms with E-state index in [1.165, 1.54) is 5.57 Å². The predicted octanol–water partition coefficient (Wildman–Crippen LogP) is 0.865. The molecular weight excluding hydrogens is 318 g/mol. The summed E-state index contributed by atoms with van der Waals surface area (Å²) in [7, 11) is 3.77. The predicted molar refractivity (Wildman–Crippen MR) is 93.3 cm³/mol. The van der Waals surface area contributed by atoms with E-state index in [2.05, 4.69) is 36.3 Å². The van der Waals surface area contributed by atoms with Gasteiger partial charge in [0, 0.05) is 41.6 Å². The average molecular weight is 337 g/mol. The molecule has 0 saturated heterocycles. The van der Waals surface area contributed by atoms with Gasteiger partial charge in [0.05, 0.1) is 13.7 Å². The Morgan fingerprint density at radius 2 is 2.12 bits per heavy atom. The molecule has 2 aliphatic heterocycles. The number of benzene rings is 1. The first-order chi connectivity index (χ1) is 12.2. The number of hydrogen-bond donors (Lipinski definition) is 1. The van der Waals surface area contributed by atoms with Gasteiger partial charge in [-0.15, -0.1) is 0 Å². The molecule has 1 aromatic carbocycles. The van der Waals surface area contributed by atoms with Crippen LogP contribution in [0.2, 0.25) is 0 Å². The quantitative estimate of drug-likeness (QED) is 0.868. The van der Waals surface area contributed by atoms with Crippen molar-refractivity contribution in [1.82, 2.24) is 4.90 Å². The van der Waals surface area contributed by atoms with E-state index in [4.69, 9.17) is 14.2 Å². The van der Waals surface area contributed by atoms with Gasteiger partial charge in [-0.3, -0.25) is 0 Å². The van der Waals surface area contributed by atoms with Crippen molar-refractivity contribution in [3.8, 4) is 11.5 Å². The van der Waals surface area contributed by atoms with Gasteiger partial charge >= 0.3 is 0 Å². The SMILES string of the molecule is COC1=CC2=CC3=c4c(c5c(c(CO)c4=CCN3C)OCO5)C2C=C1. The number of hydrogen-bond acceptors (Lipinski definition) is 5. The van der Waals surface area contributed by atoms with Crippen LogP contribution in [0.4, 0.5) is 0 Å². The Hall–Kier alpha value is -2.66. The van der Waals surface area contributed by atoms with E-state index in [1.54, 1.807) is 7.11 Å². The molecule has 5 nitrogen and oxygen atoms in total. The highest BCUT2D eigenvalue weighted by Crippen LogP contribution is 2.45. The minimum absolute atomic E-state index is 0.0629. The highest BCUT2D eigenvalue weighted by molar-refractivity contribution is 5.74. The molecule has 0 spiro atoms. The fourth-order valence-electron chi connectivity index (χ4n) is 4.17. The molecule has 0 bridgehead atoms. The fourth-order valence-corrected chi connectivity index (χ4v) is 4.17. The van der Waals surface area contributed by atoms with Crippen LogP contribution >= 0.6 is 0 Å². The third-order valence-corrected chi connectivity index (χ3v) is 5.36. The summed E-state index contributed by atoms with van der Waals surface area (Å²) in [5.74, 6) is 2.39. The number of fused-ring (bicyclic) bond motifs is 4. The van der Waals surface area contributed by atoms with Crippen molar-refractivity contribution < 1.29 is 19.3 Å². The molecule has 0 aromatic heterocycles. The van der Waals surface area contributed by atoms with E-state index in [9.17, 15) is 5.11 Å². The number of ether oxygens (including phenoxy) is 3. The molecule has 0 saturated carbocycles. The van der Waals surface area contributed by atoms with Gasteiger partial charge in [-0.05, 0) is 29.0 Å². The summed E-state index contributed by atoms with van der Waals surface area (Å²) < 4.78 is 17.0. The van der Waals surface area contributed by atoms with Crippen LogP contribution in [-0.2, 0) is 11.3 Å². The van der Waals surface area contributed by atoms with Gasteiger partial charge in [-0.25, -0.2) is 0 Å². The van der Waals surface area contributed by atoms with Crippen molar-refractivity contribution in [3.05, 3.63) is 57.2 Å². The summed E-state index contributed by atoms with van der Waals surface area (Å²) in [5, 5.41) is 12.2. The monoisotopic (exact) mass is 337 g/mol. The molecule has 1 aromatic rings. The Balaban J connectivity index is 1.92. The van der Waals surface area contributed by atoms with Gasteiger partial charge < -0.3 is 24.2 Å². The van der Waals surface area contributed by atoms with E-state index < -0.39 is 0 Å². The minimum atomic E-state index is -0.0629. The fraction of sp³-hybridized carbons (Fsp3) is 0.300. The molecule has 5 heteroatoms. The van der Waals surface area contributed by atoms with Crippen molar-refractivity contribution in [1.29, 1.82) is 0 Å². The largest absolute Gasteiger partial charge is 0.497 e. The third-order valence-electron chi connectivity index (χ3n) is 5.36. The lowest BCUT2D eigenvalue weighted by molar-refractivity contribution is 0.170. The first-order valence-electron chi connectivity index (χ1n) is 8.39. The molecule has 2 heterocycles. The second-order valence-electron chi connectivity index (χ2n) is 6.61. The smallest absolute Gasteiger partial charge is 0.231 e. The van der Waals surface area contributed by atoms with Gasteiger partial charge in [0.2, 0.25) is 6.79 Å². The van der Waals surface area contributed by atoms with Crippen molar-refractivity contribution in [2.45, 2.75) is 12.5 Å². The zero-order chi connectivity index (χ0) is 17.1.